The molecular weight excluding hydrogens is 218 g/mol. The van der Waals surface area contributed by atoms with Crippen molar-refractivity contribution in [2.75, 3.05) is 26.0 Å². The summed E-state index contributed by atoms with van der Waals surface area (Å²) in [7, 11) is 4.02. The molecule has 0 aliphatic carbocycles. The van der Waals surface area contributed by atoms with Gasteiger partial charge < -0.3 is 10.2 Å². The van der Waals surface area contributed by atoms with Crippen LogP contribution in [0.3, 0.4) is 0 Å². The summed E-state index contributed by atoms with van der Waals surface area (Å²) in [5.41, 5.74) is 0.716. The predicted molar refractivity (Wildman–Crippen MR) is 69.4 cm³/mol. The van der Waals surface area contributed by atoms with Gasteiger partial charge in [-0.1, -0.05) is 12.1 Å². The van der Waals surface area contributed by atoms with Crippen LogP contribution in [0.1, 0.15) is 13.3 Å². The third kappa shape index (κ3) is 4.40. The van der Waals surface area contributed by atoms with E-state index in [2.05, 4.69) is 10.2 Å². The normalized spacial score (nSPS) is 12.5. The fourth-order valence-corrected chi connectivity index (χ4v) is 1.54. The van der Waals surface area contributed by atoms with Crippen LogP contribution in [0.5, 0.6) is 0 Å². The van der Waals surface area contributed by atoms with Gasteiger partial charge in [0.15, 0.2) is 0 Å². The molecule has 0 aliphatic rings. The molecule has 1 N–H and O–H groups in total. The zero-order chi connectivity index (χ0) is 12.8. The maximum absolute atomic E-state index is 10.8. The first-order valence-electron chi connectivity index (χ1n) is 5.65. The molecule has 0 aliphatic heterocycles. The van der Waals surface area contributed by atoms with Crippen LogP contribution in [0.2, 0.25) is 0 Å². The minimum atomic E-state index is -0.360. The number of para-hydroxylation sites is 2. The van der Waals surface area contributed by atoms with Gasteiger partial charge >= 0.3 is 0 Å². The van der Waals surface area contributed by atoms with Crippen LogP contribution in [-0.2, 0) is 0 Å². The van der Waals surface area contributed by atoms with Crippen LogP contribution in [0.25, 0.3) is 0 Å². The third-order valence-electron chi connectivity index (χ3n) is 2.51. The fourth-order valence-electron chi connectivity index (χ4n) is 1.54. The average molecular weight is 237 g/mol. The van der Waals surface area contributed by atoms with Crippen LogP contribution in [0.4, 0.5) is 11.4 Å². The second-order valence-corrected chi connectivity index (χ2v) is 4.41. The SMILES string of the molecule is CC(CCN(C)C)Nc1ccccc1[N+](=O)[O-]. The molecule has 17 heavy (non-hydrogen) atoms. The average Bonchev–Trinajstić information content (AvgIpc) is 2.27. The topological polar surface area (TPSA) is 58.4 Å². The summed E-state index contributed by atoms with van der Waals surface area (Å²) in [6.07, 6.45) is 0.944. The van der Waals surface area contributed by atoms with Gasteiger partial charge in [0.05, 0.1) is 4.92 Å². The third-order valence-corrected chi connectivity index (χ3v) is 2.51. The van der Waals surface area contributed by atoms with E-state index in [-0.39, 0.29) is 16.7 Å². The van der Waals surface area contributed by atoms with Crippen molar-refractivity contribution in [2.45, 2.75) is 19.4 Å². The molecule has 5 heteroatoms. The number of rotatable bonds is 6. The Morgan fingerprint density at radius 1 is 1.41 bits per heavy atom. The van der Waals surface area contributed by atoms with Crippen LogP contribution in [0, 0.1) is 10.1 Å². The first-order chi connectivity index (χ1) is 8.00. The van der Waals surface area contributed by atoms with E-state index in [1.807, 2.05) is 21.0 Å². The zero-order valence-corrected chi connectivity index (χ0v) is 10.5. The molecule has 0 aromatic heterocycles. The molecule has 1 aromatic carbocycles. The summed E-state index contributed by atoms with van der Waals surface area (Å²) in [6.45, 7) is 2.98. The summed E-state index contributed by atoms with van der Waals surface area (Å²) in [4.78, 5) is 12.6. The molecule has 1 unspecified atom stereocenters. The van der Waals surface area contributed by atoms with Crippen molar-refractivity contribution in [3.63, 3.8) is 0 Å². The summed E-state index contributed by atoms with van der Waals surface area (Å²) in [6, 6.07) is 6.94. The Balaban J connectivity index is 2.64. The fraction of sp³-hybridized carbons (Fsp3) is 0.500. The molecule has 0 bridgehead atoms. The van der Waals surface area contributed by atoms with Gasteiger partial charge in [-0.25, -0.2) is 0 Å². The van der Waals surface area contributed by atoms with E-state index >= 15 is 0 Å². The van der Waals surface area contributed by atoms with Gasteiger partial charge in [-0.2, -0.15) is 0 Å². The Labute approximate surface area is 102 Å². The van der Waals surface area contributed by atoms with Crippen LogP contribution in [0.15, 0.2) is 24.3 Å². The Bertz CT molecular complexity index is 380. The molecule has 0 saturated heterocycles. The van der Waals surface area contributed by atoms with E-state index in [9.17, 15) is 10.1 Å². The molecular formula is C12H19N3O2. The lowest BCUT2D eigenvalue weighted by Crippen LogP contribution is -2.23. The quantitative estimate of drug-likeness (QED) is 0.609. The van der Waals surface area contributed by atoms with E-state index < -0.39 is 0 Å². The van der Waals surface area contributed by atoms with Gasteiger partial charge in [0.25, 0.3) is 5.69 Å². The van der Waals surface area contributed by atoms with Crippen LogP contribution in [-0.4, -0.2) is 36.5 Å². The van der Waals surface area contributed by atoms with Crippen molar-refractivity contribution < 1.29 is 4.92 Å². The van der Waals surface area contributed by atoms with Gasteiger partial charge in [-0.15, -0.1) is 0 Å². The smallest absolute Gasteiger partial charge is 0.292 e. The van der Waals surface area contributed by atoms with Gasteiger partial charge in [-0.05, 0) is 40.1 Å². The van der Waals surface area contributed by atoms with E-state index in [0.717, 1.165) is 13.0 Å². The molecule has 1 rings (SSSR count). The van der Waals surface area contributed by atoms with Gasteiger partial charge in [0, 0.05) is 12.1 Å². The number of nitrogens with zero attached hydrogens (tertiary/aromatic N) is 2. The maximum Gasteiger partial charge on any atom is 0.292 e. The molecule has 0 saturated carbocycles. The van der Waals surface area contributed by atoms with Crippen LogP contribution >= 0.6 is 0 Å². The monoisotopic (exact) mass is 237 g/mol. The number of nitro groups is 1. The minimum absolute atomic E-state index is 0.129. The number of hydrogen-bond donors (Lipinski definition) is 1. The lowest BCUT2D eigenvalue weighted by molar-refractivity contribution is -0.384. The Kier molecular flexibility index (Phi) is 4.90. The highest BCUT2D eigenvalue weighted by molar-refractivity contribution is 5.61. The number of hydrogen-bond acceptors (Lipinski definition) is 4. The molecule has 0 spiro atoms. The number of nitrogens with one attached hydrogen (secondary N) is 1. The Morgan fingerprint density at radius 2 is 2.06 bits per heavy atom. The largest absolute Gasteiger partial charge is 0.377 e. The summed E-state index contributed by atoms with van der Waals surface area (Å²) >= 11 is 0. The van der Waals surface area contributed by atoms with E-state index in [4.69, 9.17) is 0 Å². The first kappa shape index (κ1) is 13.4. The standard InChI is InChI=1S/C12H19N3O2/c1-10(8-9-14(2)3)13-11-6-4-5-7-12(11)15(16)17/h4-7,10,13H,8-9H2,1-3H3. The molecule has 0 fully saturated rings. The Morgan fingerprint density at radius 3 is 2.65 bits per heavy atom. The zero-order valence-electron chi connectivity index (χ0n) is 10.5. The van der Waals surface area contributed by atoms with Gasteiger partial charge in [0.1, 0.15) is 5.69 Å². The first-order valence-corrected chi connectivity index (χ1v) is 5.65. The summed E-state index contributed by atoms with van der Waals surface area (Å²) in [5, 5.41) is 14.0. The van der Waals surface area contributed by atoms with Crippen LogP contribution < -0.4 is 5.32 Å². The number of anilines is 1. The molecule has 0 heterocycles. The van der Waals surface area contributed by atoms with Crippen molar-refractivity contribution in [1.82, 2.24) is 4.90 Å². The lowest BCUT2D eigenvalue weighted by Gasteiger charge is -2.17. The lowest BCUT2D eigenvalue weighted by atomic mass is 10.2. The highest BCUT2D eigenvalue weighted by Crippen LogP contribution is 2.24. The second kappa shape index (κ2) is 6.20. The summed E-state index contributed by atoms with van der Waals surface area (Å²) < 4.78 is 0. The molecule has 0 amide bonds. The highest BCUT2D eigenvalue weighted by atomic mass is 16.6. The second-order valence-electron chi connectivity index (χ2n) is 4.41. The summed E-state index contributed by atoms with van der Waals surface area (Å²) in [5.74, 6) is 0. The van der Waals surface area contributed by atoms with Crippen molar-refractivity contribution in [3.8, 4) is 0 Å². The van der Waals surface area contributed by atoms with Crippen molar-refractivity contribution in [3.05, 3.63) is 34.4 Å². The number of nitro benzene ring substituents is 1. The van der Waals surface area contributed by atoms with E-state index in [0.29, 0.717) is 5.69 Å². The van der Waals surface area contributed by atoms with Gasteiger partial charge in [-0.3, -0.25) is 10.1 Å². The van der Waals surface area contributed by atoms with Crippen molar-refractivity contribution >= 4 is 11.4 Å². The van der Waals surface area contributed by atoms with E-state index in [1.54, 1.807) is 18.2 Å². The molecule has 1 aromatic rings. The maximum atomic E-state index is 10.8. The molecule has 0 radical (unpaired) electrons. The molecule has 94 valence electrons. The highest BCUT2D eigenvalue weighted by Gasteiger charge is 2.13. The number of benzene rings is 1. The van der Waals surface area contributed by atoms with Gasteiger partial charge in [0.2, 0.25) is 0 Å². The van der Waals surface area contributed by atoms with Crippen molar-refractivity contribution in [2.24, 2.45) is 0 Å². The van der Waals surface area contributed by atoms with E-state index in [1.165, 1.54) is 6.07 Å². The molecule has 1 atom stereocenters. The predicted octanol–water partition coefficient (Wildman–Crippen LogP) is 2.35. The minimum Gasteiger partial charge on any atom is -0.377 e. The Hall–Kier alpha value is -1.62. The molecule has 5 nitrogen and oxygen atoms in total. The van der Waals surface area contributed by atoms with Crippen molar-refractivity contribution in [1.29, 1.82) is 0 Å².